The van der Waals surface area contributed by atoms with Crippen molar-refractivity contribution < 1.29 is 0 Å². The Hall–Kier alpha value is -1.39. The molecule has 0 aliphatic carbocycles. The maximum atomic E-state index is 6.15. The maximum absolute atomic E-state index is 6.15. The van der Waals surface area contributed by atoms with E-state index >= 15 is 0 Å². The van der Waals surface area contributed by atoms with E-state index in [-0.39, 0.29) is 0 Å². The van der Waals surface area contributed by atoms with Crippen molar-refractivity contribution in [2.24, 2.45) is 5.92 Å². The molecule has 5 heteroatoms. The van der Waals surface area contributed by atoms with Gasteiger partial charge in [-0.1, -0.05) is 49.7 Å². The average Bonchev–Trinajstić information content (AvgIpc) is 2.48. The van der Waals surface area contributed by atoms with Gasteiger partial charge < -0.3 is 4.90 Å². The molecule has 0 N–H and O–H groups in total. The summed E-state index contributed by atoms with van der Waals surface area (Å²) in [5.41, 5.74) is 0. The molecule has 1 aromatic heterocycles. The number of nitrogens with zero attached hydrogens (tertiary/aromatic N) is 4. The monoisotopic (exact) mass is 304 g/mol. The molecule has 4 nitrogen and oxygen atoms in total. The molecule has 0 amide bonds. The summed E-state index contributed by atoms with van der Waals surface area (Å²) < 4.78 is 0. The summed E-state index contributed by atoms with van der Waals surface area (Å²) in [6.45, 7) is 9.85. The summed E-state index contributed by atoms with van der Waals surface area (Å²) in [6, 6.07) is 8.09. The van der Waals surface area contributed by atoms with Gasteiger partial charge in [0.1, 0.15) is 0 Å². The molecule has 3 rings (SSSR count). The third kappa shape index (κ3) is 3.11. The maximum Gasteiger partial charge on any atom is 0.159 e. The van der Waals surface area contributed by atoms with E-state index in [9.17, 15) is 0 Å². The fraction of sp³-hybridized carbons (Fsp3) is 0.500. The van der Waals surface area contributed by atoms with Gasteiger partial charge in [0.15, 0.2) is 11.0 Å². The third-order valence-corrected chi connectivity index (χ3v) is 4.20. The molecule has 2 heterocycles. The first-order chi connectivity index (χ1) is 10.1. The summed E-state index contributed by atoms with van der Waals surface area (Å²) in [6.07, 6.45) is 0. The van der Waals surface area contributed by atoms with Gasteiger partial charge in [-0.05, 0) is 5.92 Å². The SMILES string of the molecule is CC(C)CN1CCN(c2nnc(Cl)c3ccccc23)CC1. The topological polar surface area (TPSA) is 32.3 Å². The smallest absolute Gasteiger partial charge is 0.159 e. The standard InChI is InChI=1S/C16H21ClN4/c1-12(2)11-20-7-9-21(10-8-20)16-14-6-4-3-5-13(14)15(17)18-19-16/h3-6,12H,7-11H2,1-2H3. The van der Waals surface area contributed by atoms with Gasteiger partial charge >= 0.3 is 0 Å². The Morgan fingerprint density at radius 2 is 1.71 bits per heavy atom. The molecular formula is C16H21ClN4. The van der Waals surface area contributed by atoms with E-state index in [0.717, 1.165) is 42.8 Å². The van der Waals surface area contributed by atoms with Crippen LogP contribution in [0.2, 0.25) is 5.15 Å². The van der Waals surface area contributed by atoms with E-state index in [4.69, 9.17) is 11.6 Å². The summed E-state index contributed by atoms with van der Waals surface area (Å²) >= 11 is 6.15. The molecule has 0 spiro atoms. The van der Waals surface area contributed by atoms with Crippen LogP contribution in [0.3, 0.4) is 0 Å². The highest BCUT2D eigenvalue weighted by molar-refractivity contribution is 6.34. The molecule has 112 valence electrons. The van der Waals surface area contributed by atoms with Crippen LogP contribution in [0.15, 0.2) is 24.3 Å². The molecule has 1 fully saturated rings. The summed E-state index contributed by atoms with van der Waals surface area (Å²) in [5.74, 6) is 1.67. The predicted octanol–water partition coefficient (Wildman–Crippen LogP) is 3.06. The van der Waals surface area contributed by atoms with Crippen molar-refractivity contribution in [3.63, 3.8) is 0 Å². The molecule has 1 saturated heterocycles. The zero-order valence-electron chi connectivity index (χ0n) is 12.6. The number of piperazine rings is 1. The quantitative estimate of drug-likeness (QED) is 0.872. The van der Waals surface area contributed by atoms with E-state index in [1.807, 2.05) is 18.2 Å². The fourth-order valence-corrected chi connectivity index (χ4v) is 3.15. The van der Waals surface area contributed by atoms with E-state index in [1.54, 1.807) is 0 Å². The first kappa shape index (κ1) is 14.5. The van der Waals surface area contributed by atoms with Gasteiger partial charge in [-0.3, -0.25) is 4.90 Å². The summed E-state index contributed by atoms with van der Waals surface area (Å²) in [4.78, 5) is 4.84. The lowest BCUT2D eigenvalue weighted by atomic mass is 10.1. The summed E-state index contributed by atoms with van der Waals surface area (Å²) in [7, 11) is 0. The Balaban J connectivity index is 1.81. The minimum Gasteiger partial charge on any atom is -0.352 e. The van der Waals surface area contributed by atoms with Crippen LogP contribution in [0.5, 0.6) is 0 Å². The second-order valence-corrected chi connectivity index (χ2v) is 6.40. The largest absolute Gasteiger partial charge is 0.352 e. The second-order valence-electron chi connectivity index (χ2n) is 6.04. The molecule has 0 unspecified atom stereocenters. The number of hydrogen-bond acceptors (Lipinski definition) is 4. The number of aromatic nitrogens is 2. The van der Waals surface area contributed by atoms with Crippen LogP contribution in [0.1, 0.15) is 13.8 Å². The highest BCUT2D eigenvalue weighted by Crippen LogP contribution is 2.28. The van der Waals surface area contributed by atoms with Gasteiger partial charge in [-0.25, -0.2) is 0 Å². The molecule has 0 radical (unpaired) electrons. The highest BCUT2D eigenvalue weighted by Gasteiger charge is 2.21. The van der Waals surface area contributed by atoms with Gasteiger partial charge in [-0.15, -0.1) is 10.2 Å². The lowest BCUT2D eigenvalue weighted by molar-refractivity contribution is 0.231. The number of anilines is 1. The van der Waals surface area contributed by atoms with Gasteiger partial charge in [0, 0.05) is 43.5 Å². The second kappa shape index (κ2) is 6.16. The van der Waals surface area contributed by atoms with E-state index in [0.29, 0.717) is 11.1 Å². The first-order valence-electron chi connectivity index (χ1n) is 7.53. The molecule has 0 bridgehead atoms. The minimum atomic E-state index is 0.479. The summed E-state index contributed by atoms with van der Waals surface area (Å²) in [5, 5.41) is 11.0. The van der Waals surface area contributed by atoms with Crippen molar-refractivity contribution in [1.82, 2.24) is 15.1 Å². The number of halogens is 1. The van der Waals surface area contributed by atoms with Crippen LogP contribution < -0.4 is 4.90 Å². The van der Waals surface area contributed by atoms with Crippen molar-refractivity contribution >= 4 is 28.2 Å². The third-order valence-electron chi connectivity index (χ3n) is 3.92. The van der Waals surface area contributed by atoms with Gasteiger partial charge in [-0.2, -0.15) is 0 Å². The molecule has 21 heavy (non-hydrogen) atoms. The first-order valence-corrected chi connectivity index (χ1v) is 7.91. The van der Waals surface area contributed by atoms with Crippen molar-refractivity contribution in [2.75, 3.05) is 37.6 Å². The van der Waals surface area contributed by atoms with Gasteiger partial charge in [0.2, 0.25) is 0 Å². The highest BCUT2D eigenvalue weighted by atomic mass is 35.5. The fourth-order valence-electron chi connectivity index (χ4n) is 2.95. The Kier molecular flexibility index (Phi) is 4.27. The Morgan fingerprint density at radius 3 is 2.38 bits per heavy atom. The Bertz CT molecular complexity index is 621. The molecule has 0 atom stereocenters. The minimum absolute atomic E-state index is 0.479. The molecule has 1 aliphatic heterocycles. The van der Waals surface area contributed by atoms with Gasteiger partial charge in [0.25, 0.3) is 0 Å². The lowest BCUT2D eigenvalue weighted by Crippen LogP contribution is -2.47. The Labute approximate surface area is 130 Å². The van der Waals surface area contributed by atoms with Crippen LogP contribution in [0.25, 0.3) is 10.8 Å². The van der Waals surface area contributed by atoms with E-state index < -0.39 is 0 Å². The van der Waals surface area contributed by atoms with E-state index in [1.165, 1.54) is 6.54 Å². The molecule has 1 aliphatic rings. The van der Waals surface area contributed by atoms with Crippen LogP contribution in [0, 0.1) is 5.92 Å². The number of hydrogen-bond donors (Lipinski definition) is 0. The van der Waals surface area contributed by atoms with Crippen molar-refractivity contribution in [3.05, 3.63) is 29.4 Å². The predicted molar refractivity (Wildman–Crippen MR) is 88.0 cm³/mol. The van der Waals surface area contributed by atoms with Crippen LogP contribution >= 0.6 is 11.6 Å². The van der Waals surface area contributed by atoms with Crippen molar-refractivity contribution in [3.8, 4) is 0 Å². The van der Waals surface area contributed by atoms with Crippen LogP contribution in [0.4, 0.5) is 5.82 Å². The average molecular weight is 305 g/mol. The van der Waals surface area contributed by atoms with E-state index in [2.05, 4.69) is 39.9 Å². The van der Waals surface area contributed by atoms with Crippen LogP contribution in [-0.2, 0) is 0 Å². The number of rotatable bonds is 3. The van der Waals surface area contributed by atoms with Crippen molar-refractivity contribution in [2.45, 2.75) is 13.8 Å². The molecule has 1 aromatic carbocycles. The molecule has 2 aromatic rings. The number of fused-ring (bicyclic) bond motifs is 1. The zero-order chi connectivity index (χ0) is 14.8. The zero-order valence-corrected chi connectivity index (χ0v) is 13.3. The lowest BCUT2D eigenvalue weighted by Gasteiger charge is -2.36. The molecule has 0 saturated carbocycles. The number of benzene rings is 1. The normalized spacial score (nSPS) is 16.9. The molecular weight excluding hydrogens is 284 g/mol. The Morgan fingerprint density at radius 1 is 1.05 bits per heavy atom. The van der Waals surface area contributed by atoms with Gasteiger partial charge in [0.05, 0.1) is 0 Å². The van der Waals surface area contributed by atoms with Crippen molar-refractivity contribution in [1.29, 1.82) is 0 Å². The van der Waals surface area contributed by atoms with Crippen LogP contribution in [-0.4, -0.2) is 47.8 Å².